The maximum Gasteiger partial charge on any atom is 0.332 e. The van der Waals surface area contributed by atoms with Gasteiger partial charge in [-0.3, -0.25) is 19.4 Å². The molecule has 1 aromatic heterocycles. The number of hydrogen-bond donors (Lipinski definition) is 0. The van der Waals surface area contributed by atoms with Gasteiger partial charge in [0.1, 0.15) is 29.0 Å². The van der Waals surface area contributed by atoms with E-state index < -0.39 is 29.7 Å². The van der Waals surface area contributed by atoms with E-state index in [0.717, 1.165) is 26.6 Å². The predicted octanol–water partition coefficient (Wildman–Crippen LogP) is 2.70. The van der Waals surface area contributed by atoms with Crippen LogP contribution in [0.1, 0.15) is 34.3 Å². The van der Waals surface area contributed by atoms with Crippen LogP contribution in [0.5, 0.6) is 5.75 Å². The average molecular weight is 491 g/mol. The maximum atomic E-state index is 13.2. The molecule has 1 atom stereocenters. The minimum atomic E-state index is -1.27. The van der Waals surface area contributed by atoms with Crippen molar-refractivity contribution in [2.45, 2.75) is 26.2 Å². The second-order valence-electron chi connectivity index (χ2n) is 9.07. The fourth-order valence-corrected chi connectivity index (χ4v) is 4.62. The topological polar surface area (TPSA) is 98.8 Å². The number of imidazole rings is 1. The highest BCUT2D eigenvalue weighted by Gasteiger charge is 2.51. The van der Waals surface area contributed by atoms with Crippen LogP contribution in [-0.2, 0) is 23.1 Å². The van der Waals surface area contributed by atoms with Gasteiger partial charge in [0.05, 0.1) is 13.7 Å². The number of carbonyl (C=O) groups is 3. The number of hydrogen-bond acceptors (Lipinski definition) is 5. The number of barbiturate groups is 1. The fraction of sp³-hybridized carbons (Fsp3) is 0.333. The number of aromatic nitrogens is 2. The number of amides is 4. The smallest absolute Gasteiger partial charge is 0.332 e. The van der Waals surface area contributed by atoms with Crippen LogP contribution in [0.4, 0.5) is 4.79 Å². The van der Waals surface area contributed by atoms with Gasteiger partial charge in [-0.25, -0.2) is 14.1 Å². The molecule has 9 heteroatoms. The number of carbonyl (C=O) groups excluding carboxylic acids is 3. The summed E-state index contributed by atoms with van der Waals surface area (Å²) in [5.74, 6) is -2.58. The Labute approximate surface area is 210 Å². The molecular weight excluding hydrogens is 460 g/mol. The Morgan fingerprint density at radius 2 is 1.50 bits per heavy atom. The lowest BCUT2D eigenvalue weighted by atomic mass is 9.82. The van der Waals surface area contributed by atoms with Crippen molar-refractivity contribution in [3.63, 3.8) is 0 Å². The summed E-state index contributed by atoms with van der Waals surface area (Å²) in [4.78, 5) is 40.7. The van der Waals surface area contributed by atoms with E-state index in [4.69, 9.17) is 4.74 Å². The monoisotopic (exact) mass is 490 g/mol. The quantitative estimate of drug-likeness (QED) is 0.288. The van der Waals surface area contributed by atoms with E-state index in [-0.39, 0.29) is 5.82 Å². The number of ether oxygens (including phenoxy) is 1. The molecule has 188 valence electrons. The van der Waals surface area contributed by atoms with Crippen molar-refractivity contribution in [2.75, 3.05) is 20.7 Å². The van der Waals surface area contributed by atoms with E-state index in [1.165, 1.54) is 19.7 Å². The third-order valence-corrected chi connectivity index (χ3v) is 7.00. The standard InChI is InChI=1S/C27H30N4O5/c1-17-18(2)31(35)24(28(17)3)22(23-25(32)29(4)27(34)30(5)26(23)33)20-11-13-21(14-12-20)36-16-15-19-9-7-6-8-10-19/h6-14,22-23H,15-16H2,1-5H3/t22-/m1/s1. The van der Waals surface area contributed by atoms with Crippen LogP contribution < -0.4 is 9.47 Å². The Hall–Kier alpha value is -4.14. The van der Waals surface area contributed by atoms with Crippen molar-refractivity contribution in [3.8, 4) is 5.75 Å². The van der Waals surface area contributed by atoms with Crippen LogP contribution in [0.2, 0.25) is 0 Å². The molecular formula is C27H30N4O5. The van der Waals surface area contributed by atoms with Crippen LogP contribution in [0, 0.1) is 25.0 Å². The Kier molecular flexibility index (Phi) is 6.83. The van der Waals surface area contributed by atoms with Crippen molar-refractivity contribution >= 4 is 17.8 Å². The summed E-state index contributed by atoms with van der Waals surface area (Å²) < 4.78 is 8.36. The van der Waals surface area contributed by atoms with Gasteiger partial charge in [-0.1, -0.05) is 42.5 Å². The van der Waals surface area contributed by atoms with Crippen molar-refractivity contribution < 1.29 is 23.9 Å². The summed E-state index contributed by atoms with van der Waals surface area (Å²) in [6.07, 6.45) is 0.751. The van der Waals surface area contributed by atoms with Crippen molar-refractivity contribution in [2.24, 2.45) is 13.0 Å². The van der Waals surface area contributed by atoms with Gasteiger partial charge in [-0.2, -0.15) is 0 Å². The zero-order chi connectivity index (χ0) is 26.1. The third kappa shape index (κ3) is 4.32. The highest BCUT2D eigenvalue weighted by Crippen LogP contribution is 2.36. The molecule has 0 N–H and O–H groups in total. The summed E-state index contributed by atoms with van der Waals surface area (Å²) in [5, 5.41) is 13.2. The molecule has 1 saturated heterocycles. The normalized spacial score (nSPS) is 15.5. The van der Waals surface area contributed by atoms with Gasteiger partial charge in [0.25, 0.3) is 5.82 Å². The summed E-state index contributed by atoms with van der Waals surface area (Å²) in [6.45, 7) is 3.99. The van der Waals surface area contributed by atoms with Gasteiger partial charge in [0.2, 0.25) is 11.8 Å². The predicted molar refractivity (Wildman–Crippen MR) is 132 cm³/mol. The molecule has 1 fully saturated rings. The first-order valence-electron chi connectivity index (χ1n) is 11.7. The Bertz CT molecular complexity index is 1250. The molecule has 36 heavy (non-hydrogen) atoms. The molecule has 9 nitrogen and oxygen atoms in total. The average Bonchev–Trinajstić information content (AvgIpc) is 3.08. The lowest BCUT2D eigenvalue weighted by Gasteiger charge is -2.35. The largest absolute Gasteiger partial charge is 0.711 e. The molecule has 0 saturated carbocycles. The summed E-state index contributed by atoms with van der Waals surface area (Å²) >= 11 is 0. The molecule has 0 radical (unpaired) electrons. The van der Waals surface area contributed by atoms with E-state index in [2.05, 4.69) is 0 Å². The van der Waals surface area contributed by atoms with Gasteiger partial charge >= 0.3 is 6.03 Å². The number of imide groups is 2. The van der Waals surface area contributed by atoms with Crippen LogP contribution in [0.25, 0.3) is 0 Å². The zero-order valence-corrected chi connectivity index (χ0v) is 21.1. The SMILES string of the molecule is Cc1c(C)[n+]([O-])c([C@H](c2ccc(OCCc3ccccc3)cc2)C2C(=O)N(C)C(=O)N(C)C2=O)n1C. The van der Waals surface area contributed by atoms with E-state index in [0.29, 0.717) is 23.6 Å². The fourth-order valence-electron chi connectivity index (χ4n) is 4.62. The molecule has 0 spiro atoms. The number of nitrogens with zero attached hydrogens (tertiary/aromatic N) is 4. The molecule has 1 aliphatic heterocycles. The van der Waals surface area contributed by atoms with Crippen LogP contribution in [0.3, 0.4) is 0 Å². The molecule has 3 aromatic rings. The first-order chi connectivity index (χ1) is 17.1. The first-order valence-corrected chi connectivity index (χ1v) is 11.7. The van der Waals surface area contributed by atoms with Gasteiger partial charge in [0, 0.05) is 34.4 Å². The molecule has 0 aliphatic carbocycles. The van der Waals surface area contributed by atoms with E-state index in [9.17, 15) is 19.6 Å². The van der Waals surface area contributed by atoms with Gasteiger partial charge in [0.15, 0.2) is 0 Å². The minimum Gasteiger partial charge on any atom is -0.711 e. The van der Waals surface area contributed by atoms with Gasteiger partial charge in [-0.05, 0) is 23.3 Å². The van der Waals surface area contributed by atoms with E-state index >= 15 is 0 Å². The third-order valence-electron chi connectivity index (χ3n) is 7.00. The number of benzene rings is 2. The van der Waals surface area contributed by atoms with Crippen molar-refractivity contribution in [1.29, 1.82) is 0 Å². The summed E-state index contributed by atoms with van der Waals surface area (Å²) in [5.41, 5.74) is 2.96. The molecule has 4 amide bonds. The summed E-state index contributed by atoms with van der Waals surface area (Å²) in [6, 6.07) is 16.4. The van der Waals surface area contributed by atoms with Gasteiger partial charge in [-0.15, -0.1) is 0 Å². The van der Waals surface area contributed by atoms with E-state index in [1.807, 2.05) is 30.3 Å². The van der Waals surface area contributed by atoms with Crippen LogP contribution >= 0.6 is 0 Å². The molecule has 0 unspecified atom stereocenters. The van der Waals surface area contributed by atoms with Crippen molar-refractivity contribution in [3.05, 3.63) is 88.1 Å². The second kappa shape index (κ2) is 9.85. The Morgan fingerprint density at radius 1 is 0.917 bits per heavy atom. The molecule has 2 heterocycles. The minimum absolute atomic E-state index is 0.255. The first kappa shape index (κ1) is 25.0. The highest BCUT2D eigenvalue weighted by molar-refractivity contribution is 6.16. The lowest BCUT2D eigenvalue weighted by molar-refractivity contribution is -0.621. The van der Waals surface area contributed by atoms with Crippen molar-refractivity contribution in [1.82, 2.24) is 14.4 Å². The molecule has 0 bridgehead atoms. The van der Waals surface area contributed by atoms with Crippen LogP contribution in [-0.4, -0.2) is 52.9 Å². The Balaban J connectivity index is 1.69. The molecule has 4 rings (SSSR count). The highest BCUT2D eigenvalue weighted by atomic mass is 16.5. The summed E-state index contributed by atoms with van der Waals surface area (Å²) in [7, 11) is 4.42. The molecule has 1 aliphatic rings. The lowest BCUT2D eigenvalue weighted by Crippen LogP contribution is -2.59. The van der Waals surface area contributed by atoms with Crippen LogP contribution in [0.15, 0.2) is 54.6 Å². The van der Waals surface area contributed by atoms with Gasteiger partial charge < -0.3 is 9.94 Å². The molecule has 2 aromatic carbocycles. The Morgan fingerprint density at radius 3 is 2.03 bits per heavy atom. The second-order valence-corrected chi connectivity index (χ2v) is 9.07. The maximum absolute atomic E-state index is 13.2. The number of urea groups is 1. The zero-order valence-electron chi connectivity index (χ0n) is 21.1. The van der Waals surface area contributed by atoms with E-state index in [1.54, 1.807) is 49.7 Å². The number of rotatable bonds is 7.